The molecule has 5 nitrogen and oxygen atoms in total. The number of anilines is 1. The molecule has 0 atom stereocenters. The van der Waals surface area contributed by atoms with Gasteiger partial charge in [0.1, 0.15) is 17.2 Å². The summed E-state index contributed by atoms with van der Waals surface area (Å²) in [7, 11) is 3.11. The molecule has 0 spiro atoms. The second-order valence-electron chi connectivity index (χ2n) is 4.98. The summed E-state index contributed by atoms with van der Waals surface area (Å²) in [4.78, 5) is 0. The predicted molar refractivity (Wildman–Crippen MR) is 101 cm³/mol. The maximum Gasteiger partial charge on any atom is 0.170 e. The van der Waals surface area contributed by atoms with E-state index in [1.54, 1.807) is 38.5 Å². The number of ether oxygens (including phenoxy) is 2. The average Bonchev–Trinajstić information content (AvgIpc) is 2.57. The minimum absolute atomic E-state index is 0.257. The van der Waals surface area contributed by atoms with Gasteiger partial charge in [-0.3, -0.25) is 0 Å². The molecule has 0 aliphatic carbocycles. The second-order valence-corrected chi connectivity index (χ2v) is 5.80. The van der Waals surface area contributed by atoms with Crippen LogP contribution in [0.4, 0.5) is 5.69 Å². The Morgan fingerprint density at radius 1 is 1.12 bits per heavy atom. The van der Waals surface area contributed by atoms with Crippen molar-refractivity contribution in [3.8, 4) is 17.2 Å². The summed E-state index contributed by atoms with van der Waals surface area (Å²) in [6, 6.07) is 10.5. The second kappa shape index (κ2) is 8.61. The van der Waals surface area contributed by atoms with Gasteiger partial charge in [-0.2, -0.15) is 0 Å². The van der Waals surface area contributed by atoms with Gasteiger partial charge >= 0.3 is 0 Å². The highest BCUT2D eigenvalue weighted by atomic mass is 35.5. The standard InChI is InChI=1S/C17H19ClN2O3S/c1-22-15-10-14(16(23-2)9-13(15)18)20-17(24)19-8-7-11-3-5-12(21)6-4-11/h3-6,9-10,21H,7-8H2,1-2H3,(H2,19,20,24). The third kappa shape index (κ3) is 4.91. The van der Waals surface area contributed by atoms with Gasteiger partial charge in [0.15, 0.2) is 5.11 Å². The van der Waals surface area contributed by atoms with E-state index in [1.165, 1.54) is 0 Å². The summed E-state index contributed by atoms with van der Waals surface area (Å²) in [5.41, 5.74) is 1.77. The lowest BCUT2D eigenvalue weighted by Gasteiger charge is -2.15. The summed E-state index contributed by atoms with van der Waals surface area (Å²) < 4.78 is 10.5. The fourth-order valence-electron chi connectivity index (χ4n) is 2.11. The quantitative estimate of drug-likeness (QED) is 0.679. The van der Waals surface area contributed by atoms with Crippen LogP contribution in [-0.4, -0.2) is 31.0 Å². The highest BCUT2D eigenvalue weighted by Crippen LogP contribution is 2.35. The molecule has 3 N–H and O–H groups in total. The molecule has 128 valence electrons. The van der Waals surface area contributed by atoms with Gasteiger partial charge in [-0.25, -0.2) is 0 Å². The topological polar surface area (TPSA) is 62.8 Å². The van der Waals surface area contributed by atoms with Crippen molar-refractivity contribution in [2.45, 2.75) is 6.42 Å². The van der Waals surface area contributed by atoms with Gasteiger partial charge in [0.2, 0.25) is 0 Å². The van der Waals surface area contributed by atoms with Crippen molar-refractivity contribution in [3.63, 3.8) is 0 Å². The molecule has 7 heteroatoms. The van der Waals surface area contributed by atoms with Crippen molar-refractivity contribution in [3.05, 3.63) is 47.0 Å². The van der Waals surface area contributed by atoms with E-state index >= 15 is 0 Å². The molecular formula is C17H19ClN2O3S. The van der Waals surface area contributed by atoms with E-state index in [0.717, 1.165) is 12.0 Å². The van der Waals surface area contributed by atoms with Gasteiger partial charge < -0.3 is 25.2 Å². The monoisotopic (exact) mass is 366 g/mol. The van der Waals surface area contributed by atoms with E-state index in [-0.39, 0.29) is 5.75 Å². The number of benzene rings is 2. The Morgan fingerprint density at radius 3 is 2.42 bits per heavy atom. The lowest BCUT2D eigenvalue weighted by atomic mass is 10.1. The van der Waals surface area contributed by atoms with Crippen LogP contribution < -0.4 is 20.1 Å². The number of hydrogen-bond acceptors (Lipinski definition) is 4. The van der Waals surface area contributed by atoms with Crippen molar-refractivity contribution < 1.29 is 14.6 Å². The number of phenols is 1. The van der Waals surface area contributed by atoms with E-state index in [0.29, 0.717) is 33.9 Å². The lowest BCUT2D eigenvalue weighted by molar-refractivity contribution is 0.405. The number of thiocarbonyl (C=S) groups is 1. The number of halogens is 1. The highest BCUT2D eigenvalue weighted by Gasteiger charge is 2.11. The van der Waals surface area contributed by atoms with Crippen LogP contribution in [0, 0.1) is 0 Å². The molecular weight excluding hydrogens is 348 g/mol. The Kier molecular flexibility index (Phi) is 6.52. The summed E-state index contributed by atoms with van der Waals surface area (Å²) in [6.07, 6.45) is 0.781. The van der Waals surface area contributed by atoms with Crippen molar-refractivity contribution in [1.29, 1.82) is 0 Å². The Bertz CT molecular complexity index is 708. The summed E-state index contributed by atoms with van der Waals surface area (Å²) in [5.74, 6) is 1.36. The molecule has 0 aliphatic heterocycles. The van der Waals surface area contributed by atoms with Crippen molar-refractivity contribution in [2.24, 2.45) is 0 Å². The van der Waals surface area contributed by atoms with Crippen LogP contribution in [0.1, 0.15) is 5.56 Å². The summed E-state index contributed by atoms with van der Waals surface area (Å²) >= 11 is 11.4. The molecule has 0 unspecified atom stereocenters. The lowest BCUT2D eigenvalue weighted by Crippen LogP contribution is -2.30. The average molecular weight is 367 g/mol. The summed E-state index contributed by atoms with van der Waals surface area (Å²) in [6.45, 7) is 0.656. The third-order valence-corrected chi connectivity index (χ3v) is 3.90. The van der Waals surface area contributed by atoms with E-state index in [2.05, 4.69) is 10.6 Å². The largest absolute Gasteiger partial charge is 0.508 e. The molecule has 0 aromatic heterocycles. The number of phenolic OH excluding ortho intramolecular Hbond substituents is 1. The van der Waals surface area contributed by atoms with Crippen LogP contribution in [0.2, 0.25) is 5.02 Å². The van der Waals surface area contributed by atoms with Crippen LogP contribution in [0.3, 0.4) is 0 Å². The maximum atomic E-state index is 9.27. The molecule has 0 fully saturated rings. The molecule has 2 rings (SSSR count). The minimum Gasteiger partial charge on any atom is -0.508 e. The van der Waals surface area contributed by atoms with Crippen LogP contribution in [0.25, 0.3) is 0 Å². The van der Waals surface area contributed by atoms with E-state index < -0.39 is 0 Å². The van der Waals surface area contributed by atoms with Gasteiger partial charge in [-0.05, 0) is 36.3 Å². The summed E-state index contributed by atoms with van der Waals surface area (Å²) in [5, 5.41) is 16.4. The van der Waals surface area contributed by atoms with E-state index in [4.69, 9.17) is 33.3 Å². The zero-order valence-corrected chi connectivity index (χ0v) is 15.0. The molecule has 0 heterocycles. The molecule has 0 amide bonds. The van der Waals surface area contributed by atoms with Gasteiger partial charge in [0.25, 0.3) is 0 Å². The fourth-order valence-corrected chi connectivity index (χ4v) is 2.55. The Hall–Kier alpha value is -2.18. The van der Waals surface area contributed by atoms with Crippen LogP contribution in [-0.2, 0) is 6.42 Å². The fraction of sp³-hybridized carbons (Fsp3) is 0.235. The molecule has 2 aromatic carbocycles. The Morgan fingerprint density at radius 2 is 1.79 bits per heavy atom. The Balaban J connectivity index is 1.93. The number of methoxy groups -OCH3 is 2. The molecule has 0 saturated heterocycles. The van der Waals surface area contributed by atoms with Gasteiger partial charge in [0, 0.05) is 18.7 Å². The first kappa shape index (κ1) is 18.2. The molecule has 0 saturated carbocycles. The predicted octanol–water partition coefficient (Wildman–Crippen LogP) is 3.59. The maximum absolute atomic E-state index is 9.27. The minimum atomic E-state index is 0.257. The van der Waals surface area contributed by atoms with Crippen LogP contribution >= 0.6 is 23.8 Å². The Labute approximate surface area is 151 Å². The first-order valence-electron chi connectivity index (χ1n) is 7.27. The number of nitrogens with one attached hydrogen (secondary N) is 2. The van der Waals surface area contributed by atoms with Gasteiger partial charge in [-0.15, -0.1) is 0 Å². The van der Waals surface area contributed by atoms with Crippen molar-refractivity contribution >= 4 is 34.6 Å². The zero-order chi connectivity index (χ0) is 17.5. The number of hydrogen-bond donors (Lipinski definition) is 3. The third-order valence-electron chi connectivity index (χ3n) is 3.36. The van der Waals surface area contributed by atoms with Gasteiger partial charge in [-0.1, -0.05) is 23.7 Å². The molecule has 24 heavy (non-hydrogen) atoms. The molecule has 2 aromatic rings. The molecule has 0 bridgehead atoms. The highest BCUT2D eigenvalue weighted by molar-refractivity contribution is 7.80. The SMILES string of the molecule is COc1cc(NC(=S)NCCc2ccc(O)cc2)c(OC)cc1Cl. The number of aromatic hydroxyl groups is 1. The van der Waals surface area contributed by atoms with E-state index in [1.807, 2.05) is 12.1 Å². The first-order chi connectivity index (χ1) is 11.5. The molecule has 0 radical (unpaired) electrons. The zero-order valence-electron chi connectivity index (χ0n) is 13.4. The van der Waals surface area contributed by atoms with Crippen molar-refractivity contribution in [2.75, 3.05) is 26.1 Å². The van der Waals surface area contributed by atoms with Crippen molar-refractivity contribution in [1.82, 2.24) is 5.32 Å². The normalized spacial score (nSPS) is 10.1. The van der Waals surface area contributed by atoms with Crippen LogP contribution in [0.15, 0.2) is 36.4 Å². The van der Waals surface area contributed by atoms with E-state index in [9.17, 15) is 5.11 Å². The smallest absolute Gasteiger partial charge is 0.170 e. The van der Waals surface area contributed by atoms with Crippen LogP contribution in [0.5, 0.6) is 17.2 Å². The first-order valence-corrected chi connectivity index (χ1v) is 8.06. The number of rotatable bonds is 6. The van der Waals surface area contributed by atoms with Gasteiger partial charge in [0.05, 0.1) is 24.9 Å². The molecule has 0 aliphatic rings.